The largest absolute Gasteiger partial charge is 0.381 e. The van der Waals surface area contributed by atoms with Crippen molar-refractivity contribution in [1.82, 2.24) is 9.88 Å². The summed E-state index contributed by atoms with van der Waals surface area (Å²) in [5.41, 5.74) is 3.09. The fourth-order valence-electron chi connectivity index (χ4n) is 2.11. The maximum absolute atomic E-state index is 8.97. The SMILES string of the molecule is Cc1c(CNCCCOCC2CC2)cc(C#N)n1C. The van der Waals surface area contributed by atoms with Gasteiger partial charge in [0.1, 0.15) is 11.8 Å². The third-order valence-electron chi connectivity index (χ3n) is 3.76. The molecule has 1 aromatic heterocycles. The van der Waals surface area contributed by atoms with Crippen LogP contribution in [-0.2, 0) is 18.3 Å². The molecule has 1 N–H and O–H groups in total. The van der Waals surface area contributed by atoms with Crippen molar-refractivity contribution >= 4 is 0 Å². The Kier molecular flexibility index (Phi) is 5.00. The average molecular weight is 261 g/mol. The molecule has 0 saturated heterocycles. The van der Waals surface area contributed by atoms with E-state index in [4.69, 9.17) is 10.00 Å². The van der Waals surface area contributed by atoms with Crippen molar-refractivity contribution in [1.29, 1.82) is 5.26 Å². The van der Waals surface area contributed by atoms with Crippen molar-refractivity contribution in [3.63, 3.8) is 0 Å². The minimum absolute atomic E-state index is 0.724. The van der Waals surface area contributed by atoms with Crippen LogP contribution in [0.15, 0.2) is 6.07 Å². The first kappa shape index (κ1) is 14.1. The Hall–Kier alpha value is -1.31. The maximum Gasteiger partial charge on any atom is 0.120 e. The zero-order valence-electron chi connectivity index (χ0n) is 11.9. The summed E-state index contributed by atoms with van der Waals surface area (Å²) in [6, 6.07) is 4.17. The Morgan fingerprint density at radius 1 is 1.53 bits per heavy atom. The second-order valence-corrected chi connectivity index (χ2v) is 5.36. The molecule has 19 heavy (non-hydrogen) atoms. The molecular weight excluding hydrogens is 238 g/mol. The fourth-order valence-corrected chi connectivity index (χ4v) is 2.11. The normalized spacial score (nSPS) is 14.6. The van der Waals surface area contributed by atoms with E-state index < -0.39 is 0 Å². The Morgan fingerprint density at radius 2 is 2.32 bits per heavy atom. The van der Waals surface area contributed by atoms with E-state index in [1.807, 2.05) is 17.7 Å². The van der Waals surface area contributed by atoms with Crippen LogP contribution >= 0.6 is 0 Å². The number of rotatable bonds is 8. The molecule has 1 aliphatic carbocycles. The first-order valence-electron chi connectivity index (χ1n) is 7.06. The predicted octanol–water partition coefficient (Wildman–Crippen LogP) is 2.11. The highest BCUT2D eigenvalue weighted by molar-refractivity contribution is 5.33. The summed E-state index contributed by atoms with van der Waals surface area (Å²) in [6.45, 7) is 5.63. The van der Waals surface area contributed by atoms with Gasteiger partial charge in [-0.15, -0.1) is 0 Å². The van der Waals surface area contributed by atoms with Gasteiger partial charge in [0.25, 0.3) is 0 Å². The summed E-state index contributed by atoms with van der Waals surface area (Å²) in [4.78, 5) is 0. The molecule has 1 aliphatic rings. The van der Waals surface area contributed by atoms with Gasteiger partial charge in [0, 0.05) is 32.5 Å². The molecule has 2 rings (SSSR count). The Labute approximate surface area is 115 Å². The van der Waals surface area contributed by atoms with E-state index in [0.29, 0.717) is 0 Å². The van der Waals surface area contributed by atoms with Crippen LogP contribution in [0.4, 0.5) is 0 Å². The van der Waals surface area contributed by atoms with E-state index in [2.05, 4.69) is 18.3 Å². The highest BCUT2D eigenvalue weighted by Gasteiger charge is 2.20. The summed E-state index contributed by atoms with van der Waals surface area (Å²) in [6.07, 6.45) is 3.75. The molecule has 4 heteroatoms. The van der Waals surface area contributed by atoms with Gasteiger partial charge in [0.05, 0.1) is 0 Å². The van der Waals surface area contributed by atoms with Crippen LogP contribution in [0, 0.1) is 24.2 Å². The Morgan fingerprint density at radius 3 is 2.95 bits per heavy atom. The summed E-state index contributed by atoms with van der Waals surface area (Å²) in [5, 5.41) is 12.4. The van der Waals surface area contributed by atoms with Crippen molar-refractivity contribution in [2.45, 2.75) is 32.7 Å². The van der Waals surface area contributed by atoms with Crippen LogP contribution < -0.4 is 5.32 Å². The predicted molar refractivity (Wildman–Crippen MR) is 74.7 cm³/mol. The van der Waals surface area contributed by atoms with Gasteiger partial charge in [-0.05, 0) is 50.3 Å². The summed E-state index contributed by atoms with van der Waals surface area (Å²) in [5.74, 6) is 0.851. The molecule has 0 aliphatic heterocycles. The van der Waals surface area contributed by atoms with Gasteiger partial charge in [-0.25, -0.2) is 0 Å². The molecule has 1 aromatic rings. The van der Waals surface area contributed by atoms with Crippen LogP contribution in [0.3, 0.4) is 0 Å². The van der Waals surface area contributed by atoms with E-state index in [0.717, 1.165) is 50.0 Å². The van der Waals surface area contributed by atoms with E-state index in [-0.39, 0.29) is 0 Å². The minimum atomic E-state index is 0.724. The van der Waals surface area contributed by atoms with E-state index >= 15 is 0 Å². The number of hydrogen-bond acceptors (Lipinski definition) is 3. The lowest BCUT2D eigenvalue weighted by atomic mass is 10.2. The first-order chi connectivity index (χ1) is 9.22. The zero-order valence-corrected chi connectivity index (χ0v) is 11.9. The minimum Gasteiger partial charge on any atom is -0.381 e. The molecule has 4 nitrogen and oxygen atoms in total. The molecular formula is C15H23N3O. The second-order valence-electron chi connectivity index (χ2n) is 5.36. The number of ether oxygens (including phenoxy) is 1. The van der Waals surface area contributed by atoms with Crippen molar-refractivity contribution in [3.05, 3.63) is 23.0 Å². The van der Waals surface area contributed by atoms with Gasteiger partial charge in [-0.3, -0.25) is 0 Å². The topological polar surface area (TPSA) is 50.0 Å². The van der Waals surface area contributed by atoms with E-state index in [9.17, 15) is 0 Å². The maximum atomic E-state index is 8.97. The smallest absolute Gasteiger partial charge is 0.120 e. The monoisotopic (exact) mass is 261 g/mol. The number of aromatic nitrogens is 1. The number of hydrogen-bond donors (Lipinski definition) is 1. The summed E-state index contributed by atoms with van der Waals surface area (Å²) >= 11 is 0. The van der Waals surface area contributed by atoms with Gasteiger partial charge in [-0.2, -0.15) is 5.26 Å². The first-order valence-corrected chi connectivity index (χ1v) is 7.06. The highest BCUT2D eigenvalue weighted by atomic mass is 16.5. The second kappa shape index (κ2) is 6.74. The van der Waals surface area contributed by atoms with Crippen LogP contribution in [0.2, 0.25) is 0 Å². The Bertz CT molecular complexity index is 455. The van der Waals surface area contributed by atoms with Crippen molar-refractivity contribution in [3.8, 4) is 6.07 Å². The molecule has 0 unspecified atom stereocenters. The molecule has 0 bridgehead atoms. The molecule has 1 fully saturated rings. The van der Waals surface area contributed by atoms with Gasteiger partial charge >= 0.3 is 0 Å². The zero-order chi connectivity index (χ0) is 13.7. The van der Waals surface area contributed by atoms with Gasteiger partial charge < -0.3 is 14.6 Å². The van der Waals surface area contributed by atoms with E-state index in [1.165, 1.54) is 18.4 Å². The van der Waals surface area contributed by atoms with Crippen LogP contribution in [-0.4, -0.2) is 24.3 Å². The molecule has 0 aromatic carbocycles. The standard InChI is InChI=1S/C15H23N3O/c1-12-14(8-15(9-16)18(12)2)10-17-6-3-7-19-11-13-4-5-13/h8,13,17H,3-7,10-11H2,1-2H3. The summed E-state index contributed by atoms with van der Waals surface area (Å²) < 4.78 is 7.53. The molecule has 0 amide bonds. The molecule has 104 valence electrons. The molecule has 1 saturated carbocycles. The summed E-state index contributed by atoms with van der Waals surface area (Å²) in [7, 11) is 1.93. The Balaban J connectivity index is 1.61. The molecule has 0 spiro atoms. The van der Waals surface area contributed by atoms with Gasteiger partial charge in [0.2, 0.25) is 0 Å². The number of nitrogens with zero attached hydrogens (tertiary/aromatic N) is 2. The lowest BCUT2D eigenvalue weighted by Crippen LogP contribution is -2.17. The molecule has 0 atom stereocenters. The van der Waals surface area contributed by atoms with Crippen LogP contribution in [0.25, 0.3) is 0 Å². The fraction of sp³-hybridized carbons (Fsp3) is 0.667. The van der Waals surface area contributed by atoms with Crippen molar-refractivity contribution in [2.75, 3.05) is 19.8 Å². The number of nitrogens with one attached hydrogen (secondary N) is 1. The third-order valence-corrected chi connectivity index (χ3v) is 3.76. The molecule has 0 radical (unpaired) electrons. The van der Waals surface area contributed by atoms with Crippen LogP contribution in [0.1, 0.15) is 36.2 Å². The van der Waals surface area contributed by atoms with Gasteiger partial charge in [0.15, 0.2) is 0 Å². The quantitative estimate of drug-likeness (QED) is 0.729. The lowest BCUT2D eigenvalue weighted by Gasteiger charge is -2.06. The van der Waals surface area contributed by atoms with Gasteiger partial charge in [-0.1, -0.05) is 0 Å². The van der Waals surface area contributed by atoms with Crippen molar-refractivity contribution < 1.29 is 4.74 Å². The van der Waals surface area contributed by atoms with Crippen molar-refractivity contribution in [2.24, 2.45) is 13.0 Å². The lowest BCUT2D eigenvalue weighted by molar-refractivity contribution is 0.122. The third kappa shape index (κ3) is 4.09. The highest BCUT2D eigenvalue weighted by Crippen LogP contribution is 2.28. The number of nitriles is 1. The van der Waals surface area contributed by atoms with E-state index in [1.54, 1.807) is 0 Å². The average Bonchev–Trinajstić information content (AvgIpc) is 3.19. The van der Waals surface area contributed by atoms with Crippen LogP contribution in [0.5, 0.6) is 0 Å². The molecule has 1 heterocycles.